The highest BCUT2D eigenvalue weighted by atomic mass is 16.7. The molecule has 7 N–H and O–H groups in total. The molecular formula is C33H50O11. The van der Waals surface area contributed by atoms with E-state index in [-0.39, 0.29) is 35.2 Å². The van der Waals surface area contributed by atoms with Crippen LogP contribution in [0.4, 0.5) is 0 Å². The summed E-state index contributed by atoms with van der Waals surface area (Å²) in [6.07, 6.45) is -4.99. The number of allylic oxidation sites excluding steroid dienone is 1. The van der Waals surface area contributed by atoms with Gasteiger partial charge in [0.2, 0.25) is 0 Å². The van der Waals surface area contributed by atoms with Gasteiger partial charge in [0.05, 0.1) is 31.5 Å². The van der Waals surface area contributed by atoms with Gasteiger partial charge in [0.15, 0.2) is 12.1 Å². The second-order valence-electron chi connectivity index (χ2n) is 15.4. The number of ether oxygens (including phenoxy) is 4. The van der Waals surface area contributed by atoms with Crippen LogP contribution in [0.1, 0.15) is 59.3 Å². The maximum atomic E-state index is 11.4. The molecule has 4 aliphatic carbocycles. The Balaban J connectivity index is 1.18. The molecule has 3 aliphatic heterocycles. The molecule has 0 bridgehead atoms. The van der Waals surface area contributed by atoms with Gasteiger partial charge in [-0.2, -0.15) is 0 Å². The molecule has 3 saturated heterocycles. The SMILES string of the molecule is C=C1COC2(OC3CC4C5CC=C6CC(O)C(O)C(OC7OC(CO)C(O)C(O)C7O)C6(C)C5CCC4(C)C3C2C)C(O)C1. The molecule has 3 heterocycles. The topological polar surface area (TPSA) is 179 Å². The van der Waals surface area contributed by atoms with Crippen LogP contribution in [0.25, 0.3) is 0 Å². The number of aliphatic hydroxyl groups excluding tert-OH is 7. The van der Waals surface area contributed by atoms with Crippen molar-refractivity contribution in [3.05, 3.63) is 23.8 Å². The van der Waals surface area contributed by atoms with Crippen molar-refractivity contribution in [2.75, 3.05) is 13.2 Å². The van der Waals surface area contributed by atoms with E-state index in [1.165, 1.54) is 0 Å². The molecule has 44 heavy (non-hydrogen) atoms. The molecule has 0 aromatic carbocycles. The first-order chi connectivity index (χ1) is 20.8. The Labute approximate surface area is 258 Å². The minimum absolute atomic E-state index is 0.00125. The van der Waals surface area contributed by atoms with Crippen LogP contribution in [-0.4, -0.2) is 116 Å². The third kappa shape index (κ3) is 4.21. The third-order valence-corrected chi connectivity index (χ3v) is 13.4. The molecule has 11 nitrogen and oxygen atoms in total. The fraction of sp³-hybridized carbons (Fsp3) is 0.879. The van der Waals surface area contributed by atoms with Crippen LogP contribution >= 0.6 is 0 Å². The summed E-state index contributed by atoms with van der Waals surface area (Å²) in [7, 11) is 0. The highest BCUT2D eigenvalue weighted by molar-refractivity contribution is 5.30. The summed E-state index contributed by atoms with van der Waals surface area (Å²) in [5.41, 5.74) is 1.14. The molecule has 18 unspecified atom stereocenters. The van der Waals surface area contributed by atoms with Crippen molar-refractivity contribution in [2.45, 2.75) is 126 Å². The Morgan fingerprint density at radius 2 is 1.75 bits per heavy atom. The van der Waals surface area contributed by atoms with Crippen LogP contribution in [0.2, 0.25) is 0 Å². The largest absolute Gasteiger partial charge is 0.394 e. The Bertz CT molecular complexity index is 1180. The lowest BCUT2D eigenvalue weighted by molar-refractivity contribution is -0.334. The van der Waals surface area contributed by atoms with Crippen LogP contribution in [0, 0.1) is 40.4 Å². The van der Waals surface area contributed by atoms with Crippen molar-refractivity contribution < 1.29 is 54.7 Å². The molecule has 0 radical (unpaired) electrons. The van der Waals surface area contributed by atoms with Crippen LogP contribution in [0.15, 0.2) is 23.8 Å². The molecule has 0 aromatic heterocycles. The van der Waals surface area contributed by atoms with Gasteiger partial charge >= 0.3 is 0 Å². The maximum absolute atomic E-state index is 11.4. The van der Waals surface area contributed by atoms with Crippen molar-refractivity contribution in [2.24, 2.45) is 40.4 Å². The molecule has 18 atom stereocenters. The summed E-state index contributed by atoms with van der Waals surface area (Å²) >= 11 is 0. The molecule has 1 spiro atoms. The van der Waals surface area contributed by atoms with Gasteiger partial charge in [0.25, 0.3) is 0 Å². The van der Waals surface area contributed by atoms with E-state index in [1.807, 2.05) is 0 Å². The van der Waals surface area contributed by atoms with E-state index in [4.69, 9.17) is 18.9 Å². The Kier molecular flexibility index (Phi) is 7.75. The van der Waals surface area contributed by atoms with E-state index < -0.39 is 72.9 Å². The smallest absolute Gasteiger partial charge is 0.198 e. The highest BCUT2D eigenvalue weighted by Crippen LogP contribution is 2.71. The minimum atomic E-state index is -1.61. The summed E-state index contributed by atoms with van der Waals surface area (Å²) in [6.45, 7) is 10.4. The van der Waals surface area contributed by atoms with E-state index in [2.05, 4.69) is 33.4 Å². The summed E-state index contributed by atoms with van der Waals surface area (Å²) in [5.74, 6) is -0.131. The number of aliphatic hydroxyl groups is 7. The van der Waals surface area contributed by atoms with Gasteiger partial charge in [-0.3, -0.25) is 0 Å². The van der Waals surface area contributed by atoms with E-state index in [0.29, 0.717) is 25.4 Å². The highest BCUT2D eigenvalue weighted by Gasteiger charge is 2.71. The Morgan fingerprint density at radius 3 is 2.45 bits per heavy atom. The van der Waals surface area contributed by atoms with Gasteiger partial charge in [0, 0.05) is 17.8 Å². The second-order valence-corrected chi connectivity index (χ2v) is 15.4. The molecular weight excluding hydrogens is 572 g/mol. The minimum Gasteiger partial charge on any atom is -0.394 e. The molecule has 0 aromatic rings. The van der Waals surface area contributed by atoms with Gasteiger partial charge < -0.3 is 54.7 Å². The molecule has 3 saturated carbocycles. The first-order valence-corrected chi connectivity index (χ1v) is 16.5. The summed E-state index contributed by atoms with van der Waals surface area (Å²) in [4.78, 5) is 0. The summed E-state index contributed by atoms with van der Waals surface area (Å²) in [6, 6.07) is 0. The fourth-order valence-corrected chi connectivity index (χ4v) is 11.2. The van der Waals surface area contributed by atoms with Gasteiger partial charge in [-0.1, -0.05) is 39.0 Å². The lowest BCUT2D eigenvalue weighted by Crippen LogP contribution is -2.65. The first-order valence-electron chi connectivity index (χ1n) is 16.5. The van der Waals surface area contributed by atoms with Crippen molar-refractivity contribution in [1.82, 2.24) is 0 Å². The molecule has 11 heteroatoms. The summed E-state index contributed by atoms with van der Waals surface area (Å²) in [5, 5.41) is 74.7. The second kappa shape index (κ2) is 10.8. The number of hydrogen-bond acceptors (Lipinski definition) is 11. The average molecular weight is 623 g/mol. The fourth-order valence-electron chi connectivity index (χ4n) is 11.2. The van der Waals surface area contributed by atoms with Gasteiger partial charge in [0.1, 0.15) is 36.6 Å². The molecule has 6 fully saturated rings. The van der Waals surface area contributed by atoms with Crippen molar-refractivity contribution >= 4 is 0 Å². The Hall–Kier alpha value is -0.960. The average Bonchev–Trinajstić information content (AvgIpc) is 3.44. The zero-order valence-electron chi connectivity index (χ0n) is 25.9. The molecule has 248 valence electrons. The molecule has 0 amide bonds. The maximum Gasteiger partial charge on any atom is 0.198 e. The molecule has 7 aliphatic rings. The van der Waals surface area contributed by atoms with Gasteiger partial charge in [-0.25, -0.2) is 0 Å². The quantitative estimate of drug-likeness (QED) is 0.216. The van der Waals surface area contributed by atoms with Crippen molar-refractivity contribution in [1.29, 1.82) is 0 Å². The van der Waals surface area contributed by atoms with Crippen molar-refractivity contribution in [3.63, 3.8) is 0 Å². The van der Waals surface area contributed by atoms with E-state index >= 15 is 0 Å². The number of rotatable bonds is 3. The summed E-state index contributed by atoms with van der Waals surface area (Å²) < 4.78 is 25.0. The van der Waals surface area contributed by atoms with E-state index in [1.54, 1.807) is 0 Å². The lowest BCUT2D eigenvalue weighted by Gasteiger charge is -2.61. The molecule has 7 rings (SSSR count). The standard InChI is InChI=1S/C33H50O11/c1-14-9-23(36)33(41-13-14)15(2)24-21(44-33)11-19-17-6-5-16-10-20(35)25(37)29(32(16,4)18(17)7-8-31(19,24)3)43-30-28(40)27(39)26(38)22(12-34)42-30/h5,15,17-30,34-40H,1,6-13H2,2-4H3. The van der Waals surface area contributed by atoms with E-state index in [9.17, 15) is 35.7 Å². The van der Waals surface area contributed by atoms with E-state index in [0.717, 1.165) is 36.8 Å². The number of hydrogen-bond donors (Lipinski definition) is 7. The van der Waals surface area contributed by atoms with Gasteiger partial charge in [-0.05, 0) is 66.8 Å². The normalized spacial score (nSPS) is 58.6. The van der Waals surface area contributed by atoms with Crippen molar-refractivity contribution in [3.8, 4) is 0 Å². The van der Waals surface area contributed by atoms with Crippen LogP contribution in [0.3, 0.4) is 0 Å². The number of fused-ring (bicyclic) bond motifs is 7. The van der Waals surface area contributed by atoms with Crippen LogP contribution < -0.4 is 0 Å². The predicted molar refractivity (Wildman–Crippen MR) is 154 cm³/mol. The predicted octanol–water partition coefficient (Wildman–Crippen LogP) is 0.371. The monoisotopic (exact) mass is 622 g/mol. The third-order valence-electron chi connectivity index (χ3n) is 13.4. The van der Waals surface area contributed by atoms with Gasteiger partial charge in [-0.15, -0.1) is 0 Å². The van der Waals surface area contributed by atoms with Crippen LogP contribution in [-0.2, 0) is 18.9 Å². The lowest BCUT2D eigenvalue weighted by atomic mass is 9.46. The Morgan fingerprint density at radius 1 is 1.00 bits per heavy atom. The zero-order chi connectivity index (χ0) is 31.5. The first kappa shape index (κ1) is 31.6. The zero-order valence-corrected chi connectivity index (χ0v) is 25.9. The van der Waals surface area contributed by atoms with Crippen LogP contribution in [0.5, 0.6) is 0 Å².